The molecular weight excluding hydrogens is 506 g/mol. The van der Waals surface area contributed by atoms with E-state index in [0.29, 0.717) is 18.2 Å². The van der Waals surface area contributed by atoms with Gasteiger partial charge >= 0.3 is 6.11 Å². The molecular formula is C25H10F10O. The quantitative estimate of drug-likeness (QED) is 0.192. The van der Waals surface area contributed by atoms with Crippen LogP contribution in [0.15, 0.2) is 60.7 Å². The van der Waals surface area contributed by atoms with Crippen LogP contribution >= 0.6 is 0 Å². The smallest absolute Gasteiger partial charge is 0.429 e. The molecule has 4 aromatic carbocycles. The van der Waals surface area contributed by atoms with Gasteiger partial charge in [0.2, 0.25) is 0 Å². The molecule has 4 rings (SSSR count). The molecule has 0 saturated heterocycles. The van der Waals surface area contributed by atoms with Gasteiger partial charge in [0.05, 0.1) is 0 Å². The van der Waals surface area contributed by atoms with Crippen LogP contribution in [0.3, 0.4) is 0 Å². The van der Waals surface area contributed by atoms with Crippen LogP contribution in [0.4, 0.5) is 43.9 Å². The normalized spacial score (nSPS) is 11.6. The Kier molecular flexibility index (Phi) is 6.42. The zero-order valence-corrected chi connectivity index (χ0v) is 17.5. The molecule has 4 aromatic rings. The summed E-state index contributed by atoms with van der Waals surface area (Å²) in [6, 6.07) is 6.34. The number of rotatable bonds is 5. The van der Waals surface area contributed by atoms with E-state index in [1.54, 1.807) is 0 Å². The standard InChI is InChI=1S/C25H10F10O/c26-13-2-4-15(18(28)8-13)11-1-3-16(17(27)5-11)12-6-19(29)23(20(30)7-12)25(34,35)36-14-9-21(31)24(33)22(32)10-14/h1-10H. The minimum Gasteiger partial charge on any atom is -0.429 e. The molecule has 0 aliphatic rings. The molecule has 0 aliphatic carbocycles. The van der Waals surface area contributed by atoms with Crippen LogP contribution < -0.4 is 4.74 Å². The third-order valence-electron chi connectivity index (χ3n) is 5.06. The Bertz CT molecular complexity index is 1440. The maximum atomic E-state index is 14.7. The molecule has 1 nitrogen and oxygen atoms in total. The van der Waals surface area contributed by atoms with Crippen molar-refractivity contribution in [3.05, 3.63) is 113 Å². The van der Waals surface area contributed by atoms with Crippen molar-refractivity contribution in [2.24, 2.45) is 0 Å². The molecule has 0 fully saturated rings. The molecule has 0 heterocycles. The lowest BCUT2D eigenvalue weighted by Gasteiger charge is -2.20. The zero-order chi connectivity index (χ0) is 26.4. The lowest BCUT2D eigenvalue weighted by molar-refractivity contribution is -0.189. The summed E-state index contributed by atoms with van der Waals surface area (Å²) in [5.74, 6) is -13.7. The topological polar surface area (TPSA) is 9.23 Å². The van der Waals surface area contributed by atoms with E-state index in [1.807, 2.05) is 0 Å². The maximum absolute atomic E-state index is 14.7. The van der Waals surface area contributed by atoms with E-state index in [1.165, 1.54) is 0 Å². The maximum Gasteiger partial charge on any atom is 0.432 e. The highest BCUT2D eigenvalue weighted by Crippen LogP contribution is 2.38. The van der Waals surface area contributed by atoms with Gasteiger partial charge in [0, 0.05) is 29.3 Å². The molecule has 0 radical (unpaired) electrons. The van der Waals surface area contributed by atoms with Crippen molar-refractivity contribution >= 4 is 0 Å². The average molecular weight is 516 g/mol. The first-order valence-corrected chi connectivity index (χ1v) is 9.83. The van der Waals surface area contributed by atoms with Crippen LogP contribution in [0, 0.1) is 46.5 Å². The van der Waals surface area contributed by atoms with Crippen LogP contribution in [0.2, 0.25) is 0 Å². The van der Waals surface area contributed by atoms with E-state index in [2.05, 4.69) is 4.74 Å². The minimum absolute atomic E-state index is 0.0370. The summed E-state index contributed by atoms with van der Waals surface area (Å²) in [5, 5.41) is 0. The number of alkyl halides is 2. The van der Waals surface area contributed by atoms with Gasteiger partial charge in [-0.05, 0) is 41.5 Å². The predicted molar refractivity (Wildman–Crippen MR) is 108 cm³/mol. The number of hydrogen-bond acceptors (Lipinski definition) is 1. The van der Waals surface area contributed by atoms with Crippen molar-refractivity contribution in [2.75, 3.05) is 0 Å². The van der Waals surface area contributed by atoms with Gasteiger partial charge < -0.3 is 4.74 Å². The Morgan fingerprint density at radius 1 is 0.500 bits per heavy atom. The Labute approximate surface area is 196 Å². The highest BCUT2D eigenvalue weighted by Gasteiger charge is 2.41. The summed E-state index contributed by atoms with van der Waals surface area (Å²) in [4.78, 5) is 0. The van der Waals surface area contributed by atoms with Gasteiger partial charge in [0.25, 0.3) is 0 Å². The highest BCUT2D eigenvalue weighted by atomic mass is 19.3. The Morgan fingerprint density at radius 2 is 1.00 bits per heavy atom. The lowest BCUT2D eigenvalue weighted by Crippen LogP contribution is -2.25. The SMILES string of the molecule is Fc1ccc(-c2ccc(-c3cc(F)c(C(F)(F)Oc4cc(F)c(F)c(F)c4)c(F)c3)c(F)c2)c(F)c1. The third kappa shape index (κ3) is 4.73. The fourth-order valence-corrected chi connectivity index (χ4v) is 3.44. The fourth-order valence-electron chi connectivity index (χ4n) is 3.44. The minimum atomic E-state index is -4.81. The molecule has 36 heavy (non-hydrogen) atoms. The second-order valence-corrected chi connectivity index (χ2v) is 7.45. The van der Waals surface area contributed by atoms with Crippen LogP contribution in [0.5, 0.6) is 5.75 Å². The molecule has 0 saturated carbocycles. The first-order chi connectivity index (χ1) is 16.9. The van der Waals surface area contributed by atoms with Crippen molar-refractivity contribution in [2.45, 2.75) is 6.11 Å². The largest absolute Gasteiger partial charge is 0.432 e. The van der Waals surface area contributed by atoms with Crippen molar-refractivity contribution in [1.29, 1.82) is 0 Å². The monoisotopic (exact) mass is 516 g/mol. The first-order valence-electron chi connectivity index (χ1n) is 9.83. The molecule has 0 aromatic heterocycles. The van der Waals surface area contributed by atoms with Crippen LogP contribution in [-0.4, -0.2) is 0 Å². The van der Waals surface area contributed by atoms with Crippen LogP contribution in [0.1, 0.15) is 5.56 Å². The van der Waals surface area contributed by atoms with E-state index in [4.69, 9.17) is 0 Å². The predicted octanol–water partition coefficient (Wildman–Crippen LogP) is 8.26. The van der Waals surface area contributed by atoms with E-state index in [-0.39, 0.29) is 23.3 Å². The van der Waals surface area contributed by atoms with Crippen LogP contribution in [0.25, 0.3) is 22.3 Å². The fraction of sp³-hybridized carbons (Fsp3) is 0.0400. The molecule has 0 N–H and O–H groups in total. The summed E-state index contributed by atoms with van der Waals surface area (Å²) in [6.45, 7) is 0. The van der Waals surface area contributed by atoms with E-state index < -0.39 is 75.1 Å². The van der Waals surface area contributed by atoms with Gasteiger partial charge in [-0.15, -0.1) is 0 Å². The van der Waals surface area contributed by atoms with E-state index in [9.17, 15) is 43.9 Å². The molecule has 0 unspecified atom stereocenters. The van der Waals surface area contributed by atoms with Gasteiger partial charge in [-0.2, -0.15) is 8.78 Å². The Balaban J connectivity index is 1.69. The Hall–Kier alpha value is -4.02. The van der Waals surface area contributed by atoms with Crippen molar-refractivity contribution in [3.63, 3.8) is 0 Å². The summed E-state index contributed by atoms with van der Waals surface area (Å²) in [5.41, 5.74) is -3.13. The molecule has 0 bridgehead atoms. The second-order valence-electron chi connectivity index (χ2n) is 7.45. The summed E-state index contributed by atoms with van der Waals surface area (Å²) < 4.78 is 143. The van der Waals surface area contributed by atoms with Crippen molar-refractivity contribution in [1.82, 2.24) is 0 Å². The molecule has 0 atom stereocenters. The summed E-state index contributed by atoms with van der Waals surface area (Å²) >= 11 is 0. The number of hydrogen-bond donors (Lipinski definition) is 0. The zero-order valence-electron chi connectivity index (χ0n) is 17.5. The second kappa shape index (κ2) is 9.21. The van der Waals surface area contributed by atoms with Gasteiger partial charge in [0.15, 0.2) is 17.5 Å². The lowest BCUT2D eigenvalue weighted by atomic mass is 9.98. The summed E-state index contributed by atoms with van der Waals surface area (Å²) in [7, 11) is 0. The van der Waals surface area contributed by atoms with Gasteiger partial charge in [-0.25, -0.2) is 35.1 Å². The number of ether oxygens (including phenoxy) is 1. The molecule has 0 spiro atoms. The molecule has 0 aliphatic heterocycles. The van der Waals surface area contributed by atoms with E-state index in [0.717, 1.165) is 30.3 Å². The summed E-state index contributed by atoms with van der Waals surface area (Å²) in [6.07, 6.45) is -4.81. The number of benzene rings is 4. The first kappa shape index (κ1) is 25.1. The van der Waals surface area contributed by atoms with Crippen molar-refractivity contribution < 1.29 is 48.6 Å². The van der Waals surface area contributed by atoms with Crippen molar-refractivity contribution in [3.8, 4) is 28.0 Å². The average Bonchev–Trinajstić information content (AvgIpc) is 2.76. The van der Waals surface area contributed by atoms with Gasteiger partial charge in [0.1, 0.15) is 40.4 Å². The van der Waals surface area contributed by atoms with E-state index >= 15 is 0 Å². The molecule has 186 valence electrons. The molecule has 0 amide bonds. The third-order valence-corrected chi connectivity index (χ3v) is 5.06. The Morgan fingerprint density at radius 3 is 1.56 bits per heavy atom. The van der Waals surface area contributed by atoms with Gasteiger partial charge in [-0.3, -0.25) is 0 Å². The number of halogens is 10. The molecule has 11 heteroatoms. The highest BCUT2D eigenvalue weighted by molar-refractivity contribution is 5.71. The van der Waals surface area contributed by atoms with Crippen LogP contribution in [-0.2, 0) is 6.11 Å². The van der Waals surface area contributed by atoms with Gasteiger partial charge in [-0.1, -0.05) is 12.1 Å².